The molecule has 0 aliphatic heterocycles. The molecule has 0 saturated heterocycles. The first kappa shape index (κ1) is 16.9. The average Bonchev–Trinajstić information content (AvgIpc) is 3.34. The minimum Gasteiger partial charge on any atom is -0.308 e. The van der Waals surface area contributed by atoms with E-state index in [0.717, 1.165) is 6.07 Å². The van der Waals surface area contributed by atoms with Crippen molar-refractivity contribution in [2.75, 3.05) is 5.32 Å². The van der Waals surface area contributed by atoms with Gasteiger partial charge >= 0.3 is 0 Å². The van der Waals surface area contributed by atoms with Crippen molar-refractivity contribution in [1.82, 2.24) is 9.78 Å². The fourth-order valence-electron chi connectivity index (χ4n) is 3.13. The van der Waals surface area contributed by atoms with Crippen molar-refractivity contribution in [3.63, 3.8) is 0 Å². The van der Waals surface area contributed by atoms with Gasteiger partial charge < -0.3 is 5.32 Å². The Kier molecular flexibility index (Phi) is 3.96. The Morgan fingerprint density at radius 1 is 1.19 bits per heavy atom. The van der Waals surface area contributed by atoms with Crippen LogP contribution in [0.2, 0.25) is 0 Å². The smallest absolute Gasteiger partial charge is 0.236 e. The van der Waals surface area contributed by atoms with Crippen molar-refractivity contribution in [2.45, 2.75) is 18.3 Å². The first-order valence-electron chi connectivity index (χ1n) is 8.35. The van der Waals surface area contributed by atoms with Crippen LogP contribution in [0.5, 0.6) is 0 Å². The van der Waals surface area contributed by atoms with Crippen LogP contribution < -0.4 is 5.32 Å². The van der Waals surface area contributed by atoms with Gasteiger partial charge in [-0.05, 0) is 37.1 Å². The summed E-state index contributed by atoms with van der Waals surface area (Å²) in [5, 5.41) is 15.9. The van der Waals surface area contributed by atoms with Gasteiger partial charge in [-0.3, -0.25) is 4.79 Å². The highest BCUT2D eigenvalue weighted by Crippen LogP contribution is 2.49. The summed E-state index contributed by atoms with van der Waals surface area (Å²) >= 11 is 0. The van der Waals surface area contributed by atoms with Crippen molar-refractivity contribution in [2.24, 2.45) is 0 Å². The van der Waals surface area contributed by atoms with Gasteiger partial charge in [-0.15, -0.1) is 0 Å². The molecule has 5 nitrogen and oxygen atoms in total. The van der Waals surface area contributed by atoms with Gasteiger partial charge in [-0.25, -0.2) is 13.5 Å². The van der Waals surface area contributed by atoms with E-state index in [1.54, 1.807) is 30.5 Å². The van der Waals surface area contributed by atoms with Crippen LogP contribution in [0.3, 0.4) is 0 Å². The van der Waals surface area contributed by atoms with E-state index in [2.05, 4.69) is 10.4 Å². The van der Waals surface area contributed by atoms with Crippen LogP contribution in [0.25, 0.3) is 5.69 Å². The highest BCUT2D eigenvalue weighted by molar-refractivity contribution is 6.00. The Morgan fingerprint density at radius 2 is 1.96 bits per heavy atom. The number of halogens is 2. The minimum atomic E-state index is -0.873. The number of amides is 1. The Morgan fingerprint density at radius 3 is 2.67 bits per heavy atom. The molecule has 3 aromatic rings. The molecule has 1 N–H and O–H groups in total. The van der Waals surface area contributed by atoms with Crippen LogP contribution in [0.1, 0.15) is 24.0 Å². The third-order valence-corrected chi connectivity index (χ3v) is 4.68. The maximum atomic E-state index is 14.1. The summed E-state index contributed by atoms with van der Waals surface area (Å²) < 4.78 is 29.1. The summed E-state index contributed by atoms with van der Waals surface area (Å²) in [4.78, 5) is 12.7. The minimum absolute atomic E-state index is 0.169. The van der Waals surface area contributed by atoms with Gasteiger partial charge in [-0.2, -0.15) is 10.4 Å². The largest absolute Gasteiger partial charge is 0.308 e. The van der Waals surface area contributed by atoms with Gasteiger partial charge in [0.25, 0.3) is 0 Å². The van der Waals surface area contributed by atoms with E-state index in [4.69, 9.17) is 5.26 Å². The molecule has 0 spiro atoms. The van der Waals surface area contributed by atoms with Gasteiger partial charge in [0.2, 0.25) is 5.91 Å². The number of carbonyl (C=O) groups is 1. The Bertz CT molecular complexity index is 1080. The Balaban J connectivity index is 1.57. The molecule has 4 rings (SSSR count). The Hall–Kier alpha value is -3.53. The highest BCUT2D eigenvalue weighted by atomic mass is 19.1. The molecule has 1 saturated carbocycles. The summed E-state index contributed by atoms with van der Waals surface area (Å²) in [6, 6.07) is 13.6. The lowest BCUT2D eigenvalue weighted by molar-refractivity contribution is -0.118. The molecule has 134 valence electrons. The molecule has 0 bridgehead atoms. The summed E-state index contributed by atoms with van der Waals surface area (Å²) in [5.41, 5.74) is 0.0395. The predicted molar refractivity (Wildman–Crippen MR) is 94.2 cm³/mol. The molecule has 2 aromatic carbocycles. The number of nitriles is 1. The quantitative estimate of drug-likeness (QED) is 0.767. The number of aromatic nitrogens is 2. The number of nitrogens with one attached hydrogen (secondary N) is 1. The van der Waals surface area contributed by atoms with Gasteiger partial charge in [-0.1, -0.05) is 18.2 Å². The van der Waals surface area contributed by atoms with E-state index < -0.39 is 17.0 Å². The SMILES string of the molecule is N#Cc1cc(F)cc(-n2ccc(NC(=O)C3(c4ccccc4F)CC3)n2)c1. The molecule has 27 heavy (non-hydrogen) atoms. The van der Waals surface area contributed by atoms with Gasteiger partial charge in [0.05, 0.1) is 22.7 Å². The normalized spacial score (nSPS) is 14.4. The molecule has 1 aliphatic rings. The van der Waals surface area contributed by atoms with Crippen LogP contribution in [-0.2, 0) is 10.2 Å². The zero-order valence-electron chi connectivity index (χ0n) is 14.1. The second-order valence-corrected chi connectivity index (χ2v) is 6.47. The highest BCUT2D eigenvalue weighted by Gasteiger charge is 2.52. The lowest BCUT2D eigenvalue weighted by Crippen LogP contribution is -2.29. The van der Waals surface area contributed by atoms with Crippen molar-refractivity contribution < 1.29 is 13.6 Å². The zero-order chi connectivity index (χ0) is 19.0. The zero-order valence-corrected chi connectivity index (χ0v) is 14.1. The van der Waals surface area contributed by atoms with E-state index in [1.165, 1.54) is 22.9 Å². The van der Waals surface area contributed by atoms with E-state index in [-0.39, 0.29) is 17.3 Å². The van der Waals surface area contributed by atoms with E-state index >= 15 is 0 Å². The molecule has 0 unspecified atom stereocenters. The van der Waals surface area contributed by atoms with Crippen LogP contribution in [0.4, 0.5) is 14.6 Å². The van der Waals surface area contributed by atoms with E-state index in [0.29, 0.717) is 24.1 Å². The van der Waals surface area contributed by atoms with Gasteiger partial charge in [0.1, 0.15) is 11.6 Å². The monoisotopic (exact) mass is 364 g/mol. The van der Waals surface area contributed by atoms with Crippen LogP contribution in [0.15, 0.2) is 54.7 Å². The van der Waals surface area contributed by atoms with Gasteiger partial charge in [0, 0.05) is 17.8 Å². The van der Waals surface area contributed by atoms with E-state index in [1.807, 2.05) is 6.07 Å². The first-order valence-corrected chi connectivity index (χ1v) is 8.35. The lowest BCUT2D eigenvalue weighted by Gasteiger charge is -2.15. The summed E-state index contributed by atoms with van der Waals surface area (Å²) in [7, 11) is 0. The summed E-state index contributed by atoms with van der Waals surface area (Å²) in [5.74, 6) is -1.01. The molecule has 1 heterocycles. The van der Waals surface area contributed by atoms with Crippen molar-refractivity contribution >= 4 is 11.7 Å². The van der Waals surface area contributed by atoms with Crippen molar-refractivity contribution in [1.29, 1.82) is 5.26 Å². The summed E-state index contributed by atoms with van der Waals surface area (Å²) in [6.45, 7) is 0. The molecule has 0 atom stereocenters. The van der Waals surface area contributed by atoms with Crippen molar-refractivity contribution in [3.05, 3.63) is 77.5 Å². The third-order valence-electron chi connectivity index (χ3n) is 4.68. The number of hydrogen-bond acceptors (Lipinski definition) is 3. The molecule has 1 aliphatic carbocycles. The average molecular weight is 364 g/mol. The van der Waals surface area contributed by atoms with Crippen LogP contribution in [-0.4, -0.2) is 15.7 Å². The number of nitrogens with zero attached hydrogens (tertiary/aromatic N) is 3. The fraction of sp³-hybridized carbons (Fsp3) is 0.150. The second kappa shape index (κ2) is 6.32. The molecule has 1 aromatic heterocycles. The number of benzene rings is 2. The van der Waals surface area contributed by atoms with Crippen LogP contribution in [0, 0.1) is 23.0 Å². The maximum Gasteiger partial charge on any atom is 0.236 e. The summed E-state index contributed by atoms with van der Waals surface area (Å²) in [6.07, 6.45) is 2.68. The molecule has 0 radical (unpaired) electrons. The van der Waals surface area contributed by atoms with Gasteiger partial charge in [0.15, 0.2) is 5.82 Å². The first-order chi connectivity index (χ1) is 13.0. The van der Waals surface area contributed by atoms with Crippen LogP contribution >= 0.6 is 0 Å². The number of hydrogen-bond donors (Lipinski definition) is 1. The molecule has 1 fully saturated rings. The molecular weight excluding hydrogens is 350 g/mol. The number of anilines is 1. The predicted octanol–water partition coefficient (Wildman–Crippen LogP) is 3.69. The molecule has 7 heteroatoms. The third kappa shape index (κ3) is 3.06. The van der Waals surface area contributed by atoms with E-state index in [9.17, 15) is 13.6 Å². The molecular formula is C20H14F2N4O. The molecule has 1 amide bonds. The van der Waals surface area contributed by atoms with Crippen molar-refractivity contribution in [3.8, 4) is 11.8 Å². The number of carbonyl (C=O) groups excluding carboxylic acids is 1. The second-order valence-electron chi connectivity index (χ2n) is 6.47. The maximum absolute atomic E-state index is 14.1. The fourth-order valence-corrected chi connectivity index (χ4v) is 3.13. The topological polar surface area (TPSA) is 70.7 Å². The Labute approximate surface area is 153 Å². The lowest BCUT2D eigenvalue weighted by atomic mass is 9.94. The number of rotatable bonds is 4. The standard InChI is InChI=1S/C20H14F2N4O/c21-14-9-13(12-23)10-15(11-14)26-8-5-18(25-26)24-19(27)20(6-7-20)16-3-1-2-4-17(16)22/h1-5,8-11H,6-7H2,(H,24,25,27).